The van der Waals surface area contributed by atoms with E-state index in [0.717, 1.165) is 5.92 Å². The summed E-state index contributed by atoms with van der Waals surface area (Å²) in [5, 5.41) is 3.94. The van der Waals surface area contributed by atoms with Gasteiger partial charge >= 0.3 is 0 Å². The molecule has 0 bridgehead atoms. The molecule has 19 heavy (non-hydrogen) atoms. The van der Waals surface area contributed by atoms with Crippen LogP contribution in [-0.2, 0) is 0 Å². The molecule has 0 amide bonds. The first-order valence-corrected chi connectivity index (χ1v) is 8.60. The summed E-state index contributed by atoms with van der Waals surface area (Å²) in [4.78, 5) is 2.84. The van der Waals surface area contributed by atoms with Crippen molar-refractivity contribution in [3.8, 4) is 0 Å². The van der Waals surface area contributed by atoms with Gasteiger partial charge in [0.15, 0.2) is 0 Å². The molecule has 110 valence electrons. The summed E-state index contributed by atoms with van der Waals surface area (Å²) in [6, 6.07) is 0. The van der Waals surface area contributed by atoms with Gasteiger partial charge in [-0.3, -0.25) is 4.90 Å². The van der Waals surface area contributed by atoms with Crippen molar-refractivity contribution in [2.24, 2.45) is 5.92 Å². The third-order valence-corrected chi connectivity index (χ3v) is 6.01. The van der Waals surface area contributed by atoms with Gasteiger partial charge in [-0.25, -0.2) is 0 Å². The minimum atomic E-state index is 0.352. The number of rotatable bonds is 2. The van der Waals surface area contributed by atoms with Gasteiger partial charge in [0.1, 0.15) is 0 Å². The average molecular weight is 264 g/mol. The van der Waals surface area contributed by atoms with Crippen LogP contribution in [0.25, 0.3) is 0 Å². The Balaban J connectivity index is 1.67. The van der Waals surface area contributed by atoms with E-state index in [1.54, 1.807) is 0 Å². The Morgan fingerprint density at radius 3 is 2.37 bits per heavy atom. The lowest BCUT2D eigenvalue weighted by molar-refractivity contribution is 0.00106. The summed E-state index contributed by atoms with van der Waals surface area (Å²) >= 11 is 0. The van der Waals surface area contributed by atoms with Crippen molar-refractivity contribution in [3.05, 3.63) is 0 Å². The Bertz CT molecular complexity index is 298. The van der Waals surface area contributed by atoms with Gasteiger partial charge in [0.25, 0.3) is 0 Å². The number of hydrogen-bond acceptors (Lipinski definition) is 2. The van der Waals surface area contributed by atoms with Crippen LogP contribution in [0.15, 0.2) is 0 Å². The van der Waals surface area contributed by atoms with E-state index in [2.05, 4.69) is 24.1 Å². The van der Waals surface area contributed by atoms with Crippen molar-refractivity contribution in [1.29, 1.82) is 0 Å². The van der Waals surface area contributed by atoms with Crippen LogP contribution in [0.4, 0.5) is 0 Å². The zero-order valence-electron chi connectivity index (χ0n) is 13.0. The first-order valence-electron chi connectivity index (χ1n) is 8.60. The summed E-state index contributed by atoms with van der Waals surface area (Å²) in [5.41, 5.74) is 0.817. The summed E-state index contributed by atoms with van der Waals surface area (Å²) in [7, 11) is 0. The van der Waals surface area contributed by atoms with E-state index in [9.17, 15) is 0 Å². The molecule has 0 aromatic carbocycles. The predicted molar refractivity (Wildman–Crippen MR) is 81.4 cm³/mol. The first-order chi connectivity index (χ1) is 9.10. The third-order valence-electron chi connectivity index (χ3n) is 6.01. The van der Waals surface area contributed by atoms with E-state index in [1.165, 1.54) is 77.4 Å². The summed E-state index contributed by atoms with van der Waals surface area (Å²) in [6.07, 6.45) is 13.0. The number of nitrogens with one attached hydrogen (secondary N) is 1. The molecule has 0 atom stereocenters. The molecule has 1 spiro atoms. The molecule has 3 fully saturated rings. The minimum absolute atomic E-state index is 0.352. The van der Waals surface area contributed by atoms with Crippen molar-refractivity contribution in [1.82, 2.24) is 10.2 Å². The topological polar surface area (TPSA) is 15.3 Å². The van der Waals surface area contributed by atoms with Crippen LogP contribution < -0.4 is 5.32 Å². The van der Waals surface area contributed by atoms with Crippen molar-refractivity contribution >= 4 is 0 Å². The second-order valence-corrected chi connectivity index (χ2v) is 8.04. The molecule has 1 heterocycles. The van der Waals surface area contributed by atoms with Gasteiger partial charge < -0.3 is 5.32 Å². The molecule has 0 aromatic heterocycles. The largest absolute Gasteiger partial charge is 0.308 e. The molecule has 2 saturated carbocycles. The molecular weight excluding hydrogens is 232 g/mol. The zero-order chi connectivity index (χ0) is 13.3. The highest BCUT2D eigenvalue weighted by Crippen LogP contribution is 2.36. The van der Waals surface area contributed by atoms with E-state index in [-0.39, 0.29) is 0 Å². The molecule has 2 aliphatic carbocycles. The SMILES string of the molecule is CC1(C)CNC2(CCCCC2)CN1CC1CCCC1. The van der Waals surface area contributed by atoms with E-state index in [4.69, 9.17) is 0 Å². The molecule has 0 unspecified atom stereocenters. The van der Waals surface area contributed by atoms with Gasteiger partial charge in [0.05, 0.1) is 0 Å². The maximum Gasteiger partial charge on any atom is 0.0309 e. The summed E-state index contributed by atoms with van der Waals surface area (Å²) in [6.45, 7) is 8.71. The van der Waals surface area contributed by atoms with Gasteiger partial charge in [0, 0.05) is 30.7 Å². The van der Waals surface area contributed by atoms with Crippen LogP contribution in [0, 0.1) is 5.92 Å². The number of piperazine rings is 1. The molecule has 2 heteroatoms. The smallest absolute Gasteiger partial charge is 0.0309 e. The van der Waals surface area contributed by atoms with Crippen LogP contribution in [0.5, 0.6) is 0 Å². The van der Waals surface area contributed by atoms with Crippen LogP contribution in [-0.4, -0.2) is 35.6 Å². The zero-order valence-corrected chi connectivity index (χ0v) is 13.0. The fourth-order valence-electron chi connectivity index (χ4n) is 4.53. The van der Waals surface area contributed by atoms with Gasteiger partial charge in [-0.2, -0.15) is 0 Å². The lowest BCUT2D eigenvalue weighted by atomic mass is 9.77. The van der Waals surface area contributed by atoms with Crippen molar-refractivity contribution in [2.45, 2.75) is 82.7 Å². The van der Waals surface area contributed by atoms with Crippen molar-refractivity contribution in [3.63, 3.8) is 0 Å². The molecule has 2 nitrogen and oxygen atoms in total. The van der Waals surface area contributed by atoms with Crippen LogP contribution in [0.3, 0.4) is 0 Å². The second-order valence-electron chi connectivity index (χ2n) is 8.04. The van der Waals surface area contributed by atoms with Crippen molar-refractivity contribution < 1.29 is 0 Å². The highest BCUT2D eigenvalue weighted by atomic mass is 15.3. The fourth-order valence-corrected chi connectivity index (χ4v) is 4.53. The maximum atomic E-state index is 3.94. The van der Waals surface area contributed by atoms with E-state index < -0.39 is 0 Å². The Morgan fingerprint density at radius 2 is 1.68 bits per heavy atom. The monoisotopic (exact) mass is 264 g/mol. The van der Waals surface area contributed by atoms with E-state index >= 15 is 0 Å². The Morgan fingerprint density at radius 1 is 1.00 bits per heavy atom. The molecule has 3 aliphatic rings. The quantitative estimate of drug-likeness (QED) is 0.820. The normalized spacial score (nSPS) is 31.9. The van der Waals surface area contributed by atoms with Gasteiger partial charge in [-0.1, -0.05) is 32.1 Å². The molecule has 1 aliphatic heterocycles. The van der Waals surface area contributed by atoms with Crippen LogP contribution >= 0.6 is 0 Å². The van der Waals surface area contributed by atoms with Gasteiger partial charge in [-0.05, 0) is 45.4 Å². The Kier molecular flexibility index (Phi) is 3.92. The number of nitrogens with zero attached hydrogens (tertiary/aromatic N) is 1. The average Bonchev–Trinajstić information content (AvgIpc) is 2.89. The molecule has 1 N–H and O–H groups in total. The highest BCUT2D eigenvalue weighted by molar-refractivity contribution is 5.03. The van der Waals surface area contributed by atoms with Crippen LogP contribution in [0.2, 0.25) is 0 Å². The summed E-state index contributed by atoms with van der Waals surface area (Å²) in [5.74, 6) is 0.984. The van der Waals surface area contributed by atoms with Gasteiger partial charge in [0.2, 0.25) is 0 Å². The maximum absolute atomic E-state index is 3.94. The van der Waals surface area contributed by atoms with E-state index in [1.807, 2.05) is 0 Å². The molecule has 1 saturated heterocycles. The van der Waals surface area contributed by atoms with Crippen LogP contribution in [0.1, 0.15) is 71.6 Å². The third kappa shape index (κ3) is 3.00. The minimum Gasteiger partial charge on any atom is -0.308 e. The lowest BCUT2D eigenvalue weighted by Gasteiger charge is -2.54. The highest BCUT2D eigenvalue weighted by Gasteiger charge is 2.43. The molecular formula is C17H32N2. The predicted octanol–water partition coefficient (Wildman–Crippen LogP) is 3.56. The molecule has 3 rings (SSSR count). The Labute approximate surface area is 119 Å². The number of hydrogen-bond donors (Lipinski definition) is 1. The van der Waals surface area contributed by atoms with Crippen molar-refractivity contribution in [2.75, 3.05) is 19.6 Å². The standard InChI is InChI=1S/C17H32N2/c1-16(2)13-18-17(10-6-3-7-11-17)14-19(16)12-15-8-4-5-9-15/h15,18H,3-14H2,1-2H3. The Hall–Kier alpha value is -0.0800. The molecule has 0 radical (unpaired) electrons. The second kappa shape index (κ2) is 5.37. The molecule has 0 aromatic rings. The van der Waals surface area contributed by atoms with E-state index in [0.29, 0.717) is 11.1 Å². The van der Waals surface area contributed by atoms with Gasteiger partial charge in [-0.15, -0.1) is 0 Å². The lowest BCUT2D eigenvalue weighted by Crippen LogP contribution is -2.69. The fraction of sp³-hybridized carbons (Fsp3) is 1.00. The summed E-state index contributed by atoms with van der Waals surface area (Å²) < 4.78 is 0. The first kappa shape index (κ1) is 13.9.